The second kappa shape index (κ2) is 7.06. The molecule has 0 bridgehead atoms. The monoisotopic (exact) mass is 354 g/mol. The maximum absolute atomic E-state index is 6.22. The molecule has 1 aromatic carbocycles. The summed E-state index contributed by atoms with van der Waals surface area (Å²) in [4.78, 5) is 10.2. The number of fused-ring (bicyclic) bond motifs is 1. The first-order chi connectivity index (χ1) is 12.3. The predicted molar refractivity (Wildman–Crippen MR) is 102 cm³/mol. The first kappa shape index (κ1) is 16.4. The molecule has 0 saturated carbocycles. The van der Waals surface area contributed by atoms with E-state index in [9.17, 15) is 0 Å². The fourth-order valence-corrected chi connectivity index (χ4v) is 3.74. The molecule has 1 saturated heterocycles. The summed E-state index contributed by atoms with van der Waals surface area (Å²) in [5.41, 5.74) is 4.18. The average molecular weight is 354 g/mol. The Bertz CT molecular complexity index is 869. The van der Waals surface area contributed by atoms with Crippen LogP contribution in [0.2, 0.25) is 0 Å². The number of nitrogens with one attached hydrogen (secondary N) is 1. The molecule has 4 rings (SSSR count). The summed E-state index contributed by atoms with van der Waals surface area (Å²) in [6.07, 6.45) is 8.06. The van der Waals surface area contributed by atoms with E-state index >= 15 is 0 Å². The van der Waals surface area contributed by atoms with Gasteiger partial charge in [0.25, 0.3) is 0 Å². The number of ether oxygens (including phenoxy) is 1. The maximum atomic E-state index is 6.22. The molecule has 1 aliphatic rings. The Morgan fingerprint density at radius 3 is 2.64 bits per heavy atom. The summed E-state index contributed by atoms with van der Waals surface area (Å²) in [7, 11) is 2.03. The largest absolute Gasteiger partial charge is 0.473 e. The molecule has 0 amide bonds. The normalized spacial score (nSPS) is 15.6. The summed E-state index contributed by atoms with van der Waals surface area (Å²) < 4.78 is 8.29. The second-order valence-electron chi connectivity index (χ2n) is 6.33. The number of thioether (sulfide) groups is 1. The lowest BCUT2D eigenvalue weighted by atomic mass is 10.1. The van der Waals surface area contributed by atoms with Gasteiger partial charge in [-0.25, -0.2) is 4.98 Å². The number of piperidine rings is 1. The van der Waals surface area contributed by atoms with E-state index in [-0.39, 0.29) is 6.10 Å². The highest BCUT2D eigenvalue weighted by atomic mass is 32.2. The Labute approximate surface area is 151 Å². The van der Waals surface area contributed by atoms with Crippen LogP contribution in [-0.2, 0) is 7.05 Å². The standard InChI is InChI=1S/C19H22N4OS/c1-23-11-16(13-3-5-15(25-2)6-4-13)17-18(23)19(22-12-21-17)24-14-7-9-20-10-8-14/h3-6,11-12,14,20H,7-10H2,1-2H3. The summed E-state index contributed by atoms with van der Waals surface area (Å²) >= 11 is 1.75. The molecule has 0 aliphatic carbocycles. The van der Waals surface area contributed by atoms with Gasteiger partial charge in [0.2, 0.25) is 5.88 Å². The van der Waals surface area contributed by atoms with Crippen LogP contribution < -0.4 is 10.1 Å². The highest BCUT2D eigenvalue weighted by Crippen LogP contribution is 2.33. The zero-order valence-corrected chi connectivity index (χ0v) is 15.3. The molecule has 1 N–H and O–H groups in total. The van der Waals surface area contributed by atoms with Crippen molar-refractivity contribution < 1.29 is 4.74 Å². The second-order valence-corrected chi connectivity index (χ2v) is 7.21. The molecular weight excluding hydrogens is 332 g/mol. The third kappa shape index (κ3) is 3.24. The van der Waals surface area contributed by atoms with Gasteiger partial charge in [-0.1, -0.05) is 12.1 Å². The summed E-state index contributed by atoms with van der Waals surface area (Å²) in [6.45, 7) is 2.00. The molecule has 0 radical (unpaired) electrons. The van der Waals surface area contributed by atoms with Gasteiger partial charge in [-0.3, -0.25) is 0 Å². The molecule has 3 heterocycles. The number of hydrogen-bond donors (Lipinski definition) is 1. The molecule has 0 atom stereocenters. The molecule has 0 unspecified atom stereocenters. The third-order valence-corrected chi connectivity index (χ3v) is 5.43. The molecule has 25 heavy (non-hydrogen) atoms. The van der Waals surface area contributed by atoms with Crippen LogP contribution in [0.5, 0.6) is 5.88 Å². The lowest BCUT2D eigenvalue weighted by Gasteiger charge is -2.23. The van der Waals surface area contributed by atoms with Crippen molar-refractivity contribution in [2.24, 2.45) is 7.05 Å². The zero-order valence-electron chi connectivity index (χ0n) is 14.5. The average Bonchev–Trinajstić information content (AvgIpc) is 3.00. The Morgan fingerprint density at radius 1 is 1.16 bits per heavy atom. The molecule has 1 aliphatic heterocycles. The van der Waals surface area contributed by atoms with Crippen molar-refractivity contribution in [3.05, 3.63) is 36.8 Å². The number of aryl methyl sites for hydroxylation is 1. The van der Waals surface area contributed by atoms with Gasteiger partial charge in [0.05, 0.1) is 0 Å². The minimum Gasteiger partial charge on any atom is -0.473 e. The quantitative estimate of drug-likeness (QED) is 0.727. The third-order valence-electron chi connectivity index (χ3n) is 4.68. The van der Waals surface area contributed by atoms with Crippen LogP contribution >= 0.6 is 11.8 Å². The van der Waals surface area contributed by atoms with Gasteiger partial charge < -0.3 is 14.6 Å². The zero-order chi connectivity index (χ0) is 17.2. The molecule has 6 heteroatoms. The minimum atomic E-state index is 0.221. The van der Waals surface area contributed by atoms with Gasteiger partial charge in [0, 0.05) is 23.7 Å². The first-order valence-electron chi connectivity index (χ1n) is 8.58. The highest BCUT2D eigenvalue weighted by Gasteiger charge is 2.20. The van der Waals surface area contributed by atoms with E-state index in [1.54, 1.807) is 18.1 Å². The molecular formula is C19H22N4OS. The Kier molecular flexibility index (Phi) is 4.63. The topological polar surface area (TPSA) is 52.0 Å². The number of hydrogen-bond acceptors (Lipinski definition) is 5. The summed E-state index contributed by atoms with van der Waals surface area (Å²) in [5, 5.41) is 3.36. The predicted octanol–water partition coefficient (Wildman–Crippen LogP) is 3.49. The molecule has 130 valence electrons. The van der Waals surface area contributed by atoms with Gasteiger partial charge >= 0.3 is 0 Å². The maximum Gasteiger partial charge on any atom is 0.242 e. The van der Waals surface area contributed by atoms with Crippen LogP contribution in [0, 0.1) is 0 Å². The van der Waals surface area contributed by atoms with E-state index in [1.165, 1.54) is 4.90 Å². The van der Waals surface area contributed by atoms with Crippen LogP contribution in [0.4, 0.5) is 0 Å². The van der Waals surface area contributed by atoms with Crippen LogP contribution in [0.25, 0.3) is 22.2 Å². The fourth-order valence-electron chi connectivity index (χ4n) is 3.34. The summed E-state index contributed by atoms with van der Waals surface area (Å²) in [6, 6.07) is 8.59. The van der Waals surface area contributed by atoms with Crippen molar-refractivity contribution >= 4 is 22.8 Å². The van der Waals surface area contributed by atoms with Gasteiger partial charge in [-0.05, 0) is 49.9 Å². The van der Waals surface area contributed by atoms with Crippen molar-refractivity contribution in [1.29, 1.82) is 0 Å². The van der Waals surface area contributed by atoms with Gasteiger partial charge in [0.1, 0.15) is 23.5 Å². The van der Waals surface area contributed by atoms with E-state index in [2.05, 4.69) is 56.6 Å². The van der Waals surface area contributed by atoms with E-state index < -0.39 is 0 Å². The molecule has 5 nitrogen and oxygen atoms in total. The fraction of sp³-hybridized carbons (Fsp3) is 0.368. The van der Waals surface area contributed by atoms with Crippen LogP contribution in [0.3, 0.4) is 0 Å². The minimum absolute atomic E-state index is 0.221. The smallest absolute Gasteiger partial charge is 0.242 e. The van der Waals surface area contributed by atoms with Crippen molar-refractivity contribution in [1.82, 2.24) is 19.9 Å². The Hall–Kier alpha value is -2.05. The number of rotatable bonds is 4. The van der Waals surface area contributed by atoms with Gasteiger partial charge in [-0.2, -0.15) is 4.98 Å². The van der Waals surface area contributed by atoms with Gasteiger partial charge in [-0.15, -0.1) is 11.8 Å². The lowest BCUT2D eigenvalue weighted by Crippen LogP contribution is -2.34. The Morgan fingerprint density at radius 2 is 1.92 bits per heavy atom. The molecule has 2 aromatic heterocycles. The van der Waals surface area contributed by atoms with Crippen molar-refractivity contribution in [2.45, 2.75) is 23.8 Å². The van der Waals surface area contributed by atoms with Crippen molar-refractivity contribution in [3.63, 3.8) is 0 Å². The number of benzene rings is 1. The van der Waals surface area contributed by atoms with Crippen LogP contribution in [0.15, 0.2) is 41.7 Å². The van der Waals surface area contributed by atoms with Gasteiger partial charge in [0.15, 0.2) is 0 Å². The lowest BCUT2D eigenvalue weighted by molar-refractivity contribution is 0.157. The first-order valence-corrected chi connectivity index (χ1v) is 9.80. The van der Waals surface area contributed by atoms with E-state index in [0.29, 0.717) is 5.88 Å². The van der Waals surface area contributed by atoms with Crippen molar-refractivity contribution in [3.8, 4) is 17.0 Å². The van der Waals surface area contributed by atoms with E-state index in [4.69, 9.17) is 4.74 Å². The molecule has 0 spiro atoms. The number of nitrogens with zero attached hydrogens (tertiary/aromatic N) is 3. The van der Waals surface area contributed by atoms with Crippen molar-refractivity contribution in [2.75, 3.05) is 19.3 Å². The van der Waals surface area contributed by atoms with Crippen LogP contribution in [0.1, 0.15) is 12.8 Å². The van der Waals surface area contributed by atoms with Crippen LogP contribution in [-0.4, -0.2) is 40.0 Å². The summed E-state index contributed by atoms with van der Waals surface area (Å²) in [5.74, 6) is 0.686. The van der Waals surface area contributed by atoms with E-state index in [0.717, 1.165) is 48.1 Å². The highest BCUT2D eigenvalue weighted by molar-refractivity contribution is 7.98. The Balaban J connectivity index is 1.73. The molecule has 1 fully saturated rings. The van der Waals surface area contributed by atoms with E-state index in [1.807, 2.05) is 7.05 Å². The number of aromatic nitrogens is 3. The SMILES string of the molecule is CSc1ccc(-c2cn(C)c3c(OC4CCNCC4)ncnc23)cc1. The molecule has 3 aromatic rings.